The van der Waals surface area contributed by atoms with Crippen LogP contribution in [0.15, 0.2) is 0 Å². The van der Waals surface area contributed by atoms with Crippen LogP contribution in [0.5, 0.6) is 0 Å². The fourth-order valence-electron chi connectivity index (χ4n) is 5.74. The number of aliphatic hydroxyl groups excluding tert-OH is 1. The fourth-order valence-corrected chi connectivity index (χ4v) is 5.74. The van der Waals surface area contributed by atoms with Crippen molar-refractivity contribution in [2.45, 2.75) is 75.7 Å². The molecule has 1 aliphatic carbocycles. The summed E-state index contributed by atoms with van der Waals surface area (Å²) < 4.78 is 12.2. The zero-order valence-corrected chi connectivity index (χ0v) is 18.7. The Morgan fingerprint density at radius 3 is 2.53 bits per heavy atom. The van der Waals surface area contributed by atoms with E-state index in [2.05, 4.69) is 16.8 Å². The summed E-state index contributed by atoms with van der Waals surface area (Å²) in [5, 5.41) is 10.4. The number of piperazine rings is 1. The third-order valence-electron chi connectivity index (χ3n) is 7.56. The lowest BCUT2D eigenvalue weighted by Gasteiger charge is -2.46. The first kappa shape index (κ1) is 22.5. The molecule has 7 nitrogen and oxygen atoms in total. The summed E-state index contributed by atoms with van der Waals surface area (Å²) >= 11 is 0. The summed E-state index contributed by atoms with van der Waals surface area (Å²) in [7, 11) is 2.11. The molecule has 3 aliphatic heterocycles. The molecule has 0 aromatic rings. The molecule has 0 bridgehead atoms. The van der Waals surface area contributed by atoms with Crippen molar-refractivity contribution in [3.05, 3.63) is 0 Å². The number of likely N-dealkylation sites (N-methyl/N-ethyl adjacent to an activating group) is 1. The molecule has 1 saturated carbocycles. The first-order valence-corrected chi connectivity index (χ1v) is 12.2. The number of fused-ring (bicyclic) bond motifs is 1. The lowest BCUT2D eigenvalue weighted by atomic mass is 9.87. The van der Waals surface area contributed by atoms with E-state index in [4.69, 9.17) is 9.47 Å². The molecule has 7 heteroatoms. The molecular weight excluding hydrogens is 382 g/mol. The molecular formula is C23H41N3O4. The lowest BCUT2D eigenvalue weighted by Crippen LogP contribution is -2.57. The quantitative estimate of drug-likeness (QED) is 0.736. The SMILES string of the molecule is CN1CCN(C(=O)C[C@@H]2CC[C@H]3[C@@H](COC[C@H](O)CN3CC3CCCCC3)O2)CC1. The Morgan fingerprint density at radius 2 is 1.77 bits per heavy atom. The second kappa shape index (κ2) is 10.7. The number of nitrogens with zero attached hydrogens (tertiary/aromatic N) is 3. The third kappa shape index (κ3) is 5.94. The predicted molar refractivity (Wildman–Crippen MR) is 115 cm³/mol. The van der Waals surface area contributed by atoms with E-state index in [1.165, 1.54) is 32.1 Å². The second-order valence-corrected chi connectivity index (χ2v) is 9.98. The van der Waals surface area contributed by atoms with Gasteiger partial charge >= 0.3 is 0 Å². The molecule has 4 fully saturated rings. The molecule has 0 aromatic heterocycles. The van der Waals surface area contributed by atoms with Gasteiger partial charge in [-0.05, 0) is 38.6 Å². The van der Waals surface area contributed by atoms with Crippen LogP contribution in [0.1, 0.15) is 51.4 Å². The lowest BCUT2D eigenvalue weighted by molar-refractivity contribution is -0.162. The molecule has 4 rings (SSSR count). The topological polar surface area (TPSA) is 65.5 Å². The maximum absolute atomic E-state index is 12.8. The highest BCUT2D eigenvalue weighted by Crippen LogP contribution is 2.31. The molecule has 4 atom stereocenters. The van der Waals surface area contributed by atoms with Crippen LogP contribution in [0.4, 0.5) is 0 Å². The number of hydrogen-bond donors (Lipinski definition) is 1. The van der Waals surface area contributed by atoms with Crippen molar-refractivity contribution >= 4 is 5.91 Å². The van der Waals surface area contributed by atoms with Crippen molar-refractivity contribution in [3.63, 3.8) is 0 Å². The van der Waals surface area contributed by atoms with Crippen molar-refractivity contribution in [2.75, 3.05) is 59.5 Å². The largest absolute Gasteiger partial charge is 0.389 e. The number of β-amino-alcohol motifs (C(OH)–C–C–N with tert-alkyl or cyclic N) is 1. The highest BCUT2D eigenvalue weighted by atomic mass is 16.5. The van der Waals surface area contributed by atoms with E-state index in [1.54, 1.807) is 0 Å². The summed E-state index contributed by atoms with van der Waals surface area (Å²) in [5.41, 5.74) is 0. The average molecular weight is 424 g/mol. The summed E-state index contributed by atoms with van der Waals surface area (Å²) in [6.45, 7) is 6.18. The number of hydrogen-bond acceptors (Lipinski definition) is 6. The zero-order valence-electron chi connectivity index (χ0n) is 18.7. The summed E-state index contributed by atoms with van der Waals surface area (Å²) in [5.74, 6) is 0.969. The molecule has 4 aliphatic rings. The van der Waals surface area contributed by atoms with Crippen LogP contribution >= 0.6 is 0 Å². The summed E-state index contributed by atoms with van der Waals surface area (Å²) in [4.78, 5) is 19.5. The van der Waals surface area contributed by atoms with Crippen molar-refractivity contribution in [1.29, 1.82) is 0 Å². The van der Waals surface area contributed by atoms with Gasteiger partial charge in [0.25, 0.3) is 0 Å². The van der Waals surface area contributed by atoms with Gasteiger partial charge in [-0.15, -0.1) is 0 Å². The number of rotatable bonds is 4. The highest BCUT2D eigenvalue weighted by molar-refractivity contribution is 5.76. The summed E-state index contributed by atoms with van der Waals surface area (Å²) in [6, 6.07) is 0.289. The minimum atomic E-state index is -0.425. The van der Waals surface area contributed by atoms with E-state index < -0.39 is 6.10 Å². The van der Waals surface area contributed by atoms with Gasteiger partial charge in [0.15, 0.2) is 0 Å². The molecule has 0 radical (unpaired) electrons. The number of carbonyl (C=O) groups is 1. The number of ether oxygens (including phenoxy) is 2. The van der Waals surface area contributed by atoms with Crippen LogP contribution in [-0.4, -0.2) is 110 Å². The van der Waals surface area contributed by atoms with Crippen LogP contribution < -0.4 is 0 Å². The Hall–Kier alpha value is -0.730. The zero-order chi connectivity index (χ0) is 20.9. The average Bonchev–Trinajstić information content (AvgIpc) is 2.74. The van der Waals surface area contributed by atoms with E-state index in [1.807, 2.05) is 4.90 Å². The van der Waals surface area contributed by atoms with Crippen molar-refractivity contribution in [1.82, 2.24) is 14.7 Å². The van der Waals surface area contributed by atoms with Crippen LogP contribution in [0, 0.1) is 5.92 Å². The Labute approximate surface area is 181 Å². The van der Waals surface area contributed by atoms with E-state index in [-0.39, 0.29) is 24.2 Å². The minimum absolute atomic E-state index is 0.000120. The van der Waals surface area contributed by atoms with Crippen molar-refractivity contribution < 1.29 is 19.4 Å². The van der Waals surface area contributed by atoms with Crippen molar-refractivity contribution in [3.8, 4) is 0 Å². The monoisotopic (exact) mass is 423 g/mol. The van der Waals surface area contributed by atoms with E-state index >= 15 is 0 Å². The number of amides is 1. The number of carbonyl (C=O) groups excluding carboxylic acids is 1. The maximum atomic E-state index is 12.8. The molecule has 1 amide bonds. The van der Waals surface area contributed by atoms with Crippen LogP contribution in [0.25, 0.3) is 0 Å². The molecule has 172 valence electrons. The first-order chi connectivity index (χ1) is 14.6. The van der Waals surface area contributed by atoms with Gasteiger partial charge in [-0.2, -0.15) is 0 Å². The van der Waals surface area contributed by atoms with Gasteiger partial charge in [0.1, 0.15) is 0 Å². The summed E-state index contributed by atoms with van der Waals surface area (Å²) in [6.07, 6.45) is 8.65. The Balaban J connectivity index is 1.33. The molecule has 1 N–H and O–H groups in total. The van der Waals surface area contributed by atoms with Crippen LogP contribution in [-0.2, 0) is 14.3 Å². The van der Waals surface area contributed by atoms with Gasteiger partial charge in [-0.1, -0.05) is 19.3 Å². The standard InChI is InChI=1S/C23H41N3O4/c1-24-9-11-25(12-10-24)23(28)13-20-7-8-21-22(30-20)17-29-16-19(27)15-26(21)14-18-5-3-2-4-6-18/h18-22,27H,2-17H2,1H3/t19-,20+,21+,22-/m1/s1. The third-order valence-corrected chi connectivity index (χ3v) is 7.56. The van der Waals surface area contributed by atoms with Gasteiger partial charge in [0.2, 0.25) is 5.91 Å². The highest BCUT2D eigenvalue weighted by Gasteiger charge is 2.39. The Kier molecular flexibility index (Phi) is 8.03. The molecule has 0 aromatic carbocycles. The first-order valence-electron chi connectivity index (χ1n) is 12.2. The van der Waals surface area contributed by atoms with E-state index in [9.17, 15) is 9.90 Å². The van der Waals surface area contributed by atoms with Gasteiger partial charge in [-0.25, -0.2) is 0 Å². The van der Waals surface area contributed by atoms with E-state index in [0.717, 1.165) is 51.5 Å². The predicted octanol–water partition coefficient (Wildman–Crippen LogP) is 1.34. The molecule has 0 unspecified atom stereocenters. The Morgan fingerprint density at radius 1 is 1.00 bits per heavy atom. The van der Waals surface area contributed by atoms with Crippen LogP contribution in [0.2, 0.25) is 0 Å². The van der Waals surface area contributed by atoms with Crippen LogP contribution in [0.3, 0.4) is 0 Å². The van der Waals surface area contributed by atoms with Gasteiger partial charge in [0, 0.05) is 45.3 Å². The normalized spacial score (nSPS) is 35.5. The molecule has 0 spiro atoms. The van der Waals surface area contributed by atoms with Gasteiger partial charge in [0.05, 0.1) is 37.9 Å². The Bertz CT molecular complexity index is 549. The minimum Gasteiger partial charge on any atom is -0.389 e. The van der Waals surface area contributed by atoms with E-state index in [0.29, 0.717) is 26.2 Å². The second-order valence-electron chi connectivity index (χ2n) is 9.98. The fraction of sp³-hybridized carbons (Fsp3) is 0.957. The number of aliphatic hydroxyl groups is 1. The smallest absolute Gasteiger partial charge is 0.225 e. The molecule has 30 heavy (non-hydrogen) atoms. The molecule has 3 heterocycles. The van der Waals surface area contributed by atoms with Gasteiger partial charge in [-0.3, -0.25) is 9.69 Å². The van der Waals surface area contributed by atoms with Gasteiger partial charge < -0.3 is 24.4 Å². The molecule has 3 saturated heterocycles. The maximum Gasteiger partial charge on any atom is 0.225 e. The van der Waals surface area contributed by atoms with Crippen molar-refractivity contribution in [2.24, 2.45) is 5.92 Å².